The molecule has 0 radical (unpaired) electrons. The van der Waals surface area contributed by atoms with Crippen molar-refractivity contribution < 1.29 is 9.59 Å². The van der Waals surface area contributed by atoms with E-state index < -0.39 is 6.03 Å². The number of primary amides is 1. The van der Waals surface area contributed by atoms with Crippen LogP contribution in [0.5, 0.6) is 0 Å². The normalized spacial score (nSPS) is 17.9. The second-order valence-electron chi connectivity index (χ2n) is 4.50. The van der Waals surface area contributed by atoms with Crippen molar-refractivity contribution in [3.05, 3.63) is 35.4 Å². The fraction of sp³-hybridized carbons (Fsp3) is 0.385. The lowest BCUT2D eigenvalue weighted by Gasteiger charge is -2.25. The zero-order valence-electron chi connectivity index (χ0n) is 10.1. The largest absolute Gasteiger partial charge is 0.351 e. The molecule has 18 heavy (non-hydrogen) atoms. The van der Waals surface area contributed by atoms with E-state index in [2.05, 4.69) is 17.4 Å². The molecule has 1 aliphatic carbocycles. The van der Waals surface area contributed by atoms with Gasteiger partial charge in [-0.2, -0.15) is 0 Å². The summed E-state index contributed by atoms with van der Waals surface area (Å²) in [6.45, 7) is 0.121. The van der Waals surface area contributed by atoms with E-state index in [1.54, 1.807) is 0 Å². The van der Waals surface area contributed by atoms with E-state index in [-0.39, 0.29) is 18.5 Å². The third kappa shape index (κ3) is 3.30. The number of benzene rings is 1. The molecule has 0 fully saturated rings. The topological polar surface area (TPSA) is 84.2 Å². The van der Waals surface area contributed by atoms with E-state index in [1.165, 1.54) is 11.1 Å². The van der Waals surface area contributed by atoms with Gasteiger partial charge in [0.1, 0.15) is 0 Å². The van der Waals surface area contributed by atoms with Crippen LogP contribution in [0.15, 0.2) is 24.3 Å². The number of hydrogen-bond acceptors (Lipinski definition) is 3. The smallest absolute Gasteiger partial charge is 0.318 e. The molecule has 3 amide bonds. The summed E-state index contributed by atoms with van der Waals surface area (Å²) in [4.78, 5) is 21.8. The Balaban J connectivity index is 1.83. The first kappa shape index (κ1) is 12.6. The van der Waals surface area contributed by atoms with Gasteiger partial charge in [0.25, 0.3) is 0 Å². The maximum atomic E-state index is 11.3. The van der Waals surface area contributed by atoms with E-state index in [0.717, 1.165) is 19.3 Å². The number of rotatable bonds is 3. The summed E-state index contributed by atoms with van der Waals surface area (Å²) in [5.41, 5.74) is 7.58. The van der Waals surface area contributed by atoms with Crippen LogP contribution in [0.4, 0.5) is 4.79 Å². The Labute approximate surface area is 106 Å². The van der Waals surface area contributed by atoms with Crippen molar-refractivity contribution in [1.82, 2.24) is 10.6 Å². The van der Waals surface area contributed by atoms with Gasteiger partial charge in [0.05, 0.1) is 6.54 Å². The summed E-state index contributed by atoms with van der Waals surface area (Å²) in [5.74, 6) is -0.388. The van der Waals surface area contributed by atoms with Gasteiger partial charge >= 0.3 is 6.03 Å². The molecular weight excluding hydrogens is 230 g/mol. The van der Waals surface area contributed by atoms with Crippen LogP contribution in [0.25, 0.3) is 0 Å². The van der Waals surface area contributed by atoms with Crippen molar-refractivity contribution in [3.8, 4) is 0 Å². The lowest BCUT2D eigenvalue weighted by molar-refractivity contribution is -0.119. The van der Waals surface area contributed by atoms with Crippen LogP contribution in [0.1, 0.15) is 17.5 Å². The number of nitrogens with one attached hydrogen (secondary N) is 2. The van der Waals surface area contributed by atoms with Gasteiger partial charge in [0.2, 0.25) is 5.91 Å². The maximum Gasteiger partial charge on any atom is 0.318 e. The molecule has 1 atom stereocenters. The molecule has 96 valence electrons. The Bertz CT molecular complexity index is 459. The Morgan fingerprint density at radius 3 is 2.72 bits per heavy atom. The van der Waals surface area contributed by atoms with Crippen LogP contribution < -0.4 is 16.4 Å². The first-order valence-electron chi connectivity index (χ1n) is 6.04. The van der Waals surface area contributed by atoms with Gasteiger partial charge in [-0.05, 0) is 30.4 Å². The maximum absolute atomic E-state index is 11.3. The third-order valence-corrected chi connectivity index (χ3v) is 3.16. The Morgan fingerprint density at radius 2 is 2.00 bits per heavy atom. The quantitative estimate of drug-likeness (QED) is 0.719. The highest BCUT2D eigenvalue weighted by Crippen LogP contribution is 2.20. The number of fused-ring (bicyclic) bond motifs is 1. The van der Waals surface area contributed by atoms with Crippen molar-refractivity contribution in [2.24, 2.45) is 5.73 Å². The van der Waals surface area contributed by atoms with Gasteiger partial charge in [0, 0.05) is 6.04 Å². The molecule has 0 saturated heterocycles. The van der Waals surface area contributed by atoms with Crippen LogP contribution in [0, 0.1) is 0 Å². The summed E-state index contributed by atoms with van der Waals surface area (Å²) in [5, 5.41) is 5.19. The molecule has 4 N–H and O–H groups in total. The highest BCUT2D eigenvalue weighted by Gasteiger charge is 2.18. The monoisotopic (exact) mass is 247 g/mol. The van der Waals surface area contributed by atoms with E-state index >= 15 is 0 Å². The molecular formula is C13H17N3O2. The molecule has 1 aromatic rings. The molecule has 0 aromatic heterocycles. The number of carbonyl (C=O) groups is 2. The molecule has 0 bridgehead atoms. The molecule has 5 heteroatoms. The molecule has 5 nitrogen and oxygen atoms in total. The van der Waals surface area contributed by atoms with Crippen molar-refractivity contribution in [2.75, 3.05) is 6.54 Å². The zero-order valence-corrected chi connectivity index (χ0v) is 10.1. The van der Waals surface area contributed by atoms with Crippen molar-refractivity contribution in [3.63, 3.8) is 0 Å². The van der Waals surface area contributed by atoms with Crippen LogP contribution >= 0.6 is 0 Å². The number of urea groups is 1. The van der Waals surface area contributed by atoms with Crippen LogP contribution in [0.2, 0.25) is 0 Å². The fourth-order valence-electron chi connectivity index (χ4n) is 2.29. The molecule has 1 aliphatic rings. The molecule has 1 aromatic carbocycles. The van der Waals surface area contributed by atoms with Crippen LogP contribution in [0.3, 0.4) is 0 Å². The first-order chi connectivity index (χ1) is 8.65. The van der Waals surface area contributed by atoms with E-state index in [1.807, 2.05) is 17.4 Å². The van der Waals surface area contributed by atoms with Crippen molar-refractivity contribution in [1.29, 1.82) is 0 Å². The Morgan fingerprint density at radius 1 is 1.28 bits per heavy atom. The zero-order chi connectivity index (χ0) is 13.0. The Hall–Kier alpha value is -1.88. The van der Waals surface area contributed by atoms with Gasteiger partial charge < -0.3 is 11.1 Å². The van der Waals surface area contributed by atoms with E-state index in [4.69, 9.17) is 5.73 Å². The highest BCUT2D eigenvalue weighted by atomic mass is 16.2. The number of nitrogens with two attached hydrogens (primary N) is 1. The van der Waals surface area contributed by atoms with Crippen LogP contribution in [-0.2, 0) is 17.6 Å². The standard InChI is InChI=1S/C13H17N3O2/c14-13(18)16-12(17)8-15-11-6-5-9-3-1-2-4-10(9)7-11/h1-4,11,15H,5-8H2,(H3,14,16,17,18). The molecule has 0 spiro atoms. The lowest BCUT2D eigenvalue weighted by Crippen LogP contribution is -2.44. The second kappa shape index (κ2) is 5.64. The Kier molecular flexibility index (Phi) is 3.94. The van der Waals surface area contributed by atoms with Crippen molar-refractivity contribution in [2.45, 2.75) is 25.3 Å². The van der Waals surface area contributed by atoms with Crippen molar-refractivity contribution >= 4 is 11.9 Å². The summed E-state index contributed by atoms with van der Waals surface area (Å²) in [6, 6.07) is 7.81. The average molecular weight is 247 g/mol. The second-order valence-corrected chi connectivity index (χ2v) is 4.50. The number of aryl methyl sites for hydroxylation is 1. The minimum absolute atomic E-state index is 0.121. The summed E-state index contributed by atoms with van der Waals surface area (Å²) < 4.78 is 0. The summed E-state index contributed by atoms with van der Waals surface area (Å²) in [6.07, 6.45) is 2.94. The van der Waals surface area contributed by atoms with Gasteiger partial charge in [0.15, 0.2) is 0 Å². The number of imide groups is 1. The lowest BCUT2D eigenvalue weighted by atomic mass is 9.88. The number of carbonyl (C=O) groups excluding carboxylic acids is 2. The SMILES string of the molecule is NC(=O)NC(=O)CNC1CCc2ccccc2C1. The van der Waals surface area contributed by atoms with E-state index in [9.17, 15) is 9.59 Å². The number of hydrogen-bond donors (Lipinski definition) is 3. The molecule has 2 rings (SSSR count). The van der Waals surface area contributed by atoms with E-state index in [0.29, 0.717) is 0 Å². The first-order valence-corrected chi connectivity index (χ1v) is 6.04. The van der Waals surface area contributed by atoms with Gasteiger partial charge in [-0.1, -0.05) is 24.3 Å². The summed E-state index contributed by atoms with van der Waals surface area (Å²) >= 11 is 0. The van der Waals surface area contributed by atoms with Gasteiger partial charge in [-0.25, -0.2) is 4.79 Å². The number of amides is 3. The molecule has 0 heterocycles. The highest BCUT2D eigenvalue weighted by molar-refractivity contribution is 5.94. The molecule has 1 unspecified atom stereocenters. The summed E-state index contributed by atoms with van der Waals surface area (Å²) in [7, 11) is 0. The van der Waals surface area contributed by atoms with Gasteiger partial charge in [-0.15, -0.1) is 0 Å². The predicted octanol–water partition coefficient (Wildman–Crippen LogP) is 0.328. The van der Waals surface area contributed by atoms with Crippen LogP contribution in [-0.4, -0.2) is 24.5 Å². The predicted molar refractivity (Wildman–Crippen MR) is 68.0 cm³/mol. The molecule has 0 saturated carbocycles. The minimum atomic E-state index is -0.809. The fourth-order valence-corrected chi connectivity index (χ4v) is 2.29. The average Bonchev–Trinajstić information content (AvgIpc) is 2.35. The van der Waals surface area contributed by atoms with Gasteiger partial charge in [-0.3, -0.25) is 10.1 Å². The molecule has 0 aliphatic heterocycles. The minimum Gasteiger partial charge on any atom is -0.351 e. The third-order valence-electron chi connectivity index (χ3n) is 3.16.